The second kappa shape index (κ2) is 6.61. The van der Waals surface area contributed by atoms with E-state index in [9.17, 15) is 9.59 Å². The standard InChI is InChI=1S/C20H26N8O2/c1-19(2,3)28-12-9-22-13(24-16(12)26-18(28)21)8-20(4,5)27-10-23-15-11(17(27)30)6-7-14(29)25-15/h9-10H,6-8H2,1-5H3,(H,25,29)(H2,21,22,24,26). The van der Waals surface area contributed by atoms with Crippen molar-refractivity contribution >= 4 is 28.8 Å². The molecule has 158 valence electrons. The van der Waals surface area contributed by atoms with Gasteiger partial charge in [-0.3, -0.25) is 14.2 Å². The van der Waals surface area contributed by atoms with Crippen molar-refractivity contribution in [2.45, 2.75) is 65.0 Å². The number of hydrogen-bond donors (Lipinski definition) is 2. The highest BCUT2D eigenvalue weighted by atomic mass is 16.2. The summed E-state index contributed by atoms with van der Waals surface area (Å²) in [7, 11) is 0. The van der Waals surface area contributed by atoms with Crippen LogP contribution in [0.1, 0.15) is 52.4 Å². The Morgan fingerprint density at radius 3 is 2.53 bits per heavy atom. The maximum absolute atomic E-state index is 13.0. The molecule has 0 aromatic carbocycles. The van der Waals surface area contributed by atoms with Gasteiger partial charge in [-0.25, -0.2) is 15.0 Å². The first-order chi connectivity index (χ1) is 14.0. The maximum atomic E-state index is 13.0. The molecule has 10 nitrogen and oxygen atoms in total. The van der Waals surface area contributed by atoms with Crippen molar-refractivity contribution in [3.63, 3.8) is 0 Å². The first kappa shape index (κ1) is 20.0. The molecule has 0 saturated carbocycles. The van der Waals surface area contributed by atoms with Gasteiger partial charge in [0.1, 0.15) is 23.5 Å². The Balaban J connectivity index is 1.69. The molecule has 3 aromatic rings. The number of nitrogen functional groups attached to an aromatic ring is 1. The zero-order valence-corrected chi connectivity index (χ0v) is 17.9. The summed E-state index contributed by atoms with van der Waals surface area (Å²) in [4.78, 5) is 42.4. The Bertz CT molecular complexity index is 1220. The van der Waals surface area contributed by atoms with Crippen LogP contribution in [0, 0.1) is 0 Å². The summed E-state index contributed by atoms with van der Waals surface area (Å²) < 4.78 is 3.49. The van der Waals surface area contributed by atoms with E-state index in [1.165, 1.54) is 6.33 Å². The number of rotatable bonds is 3. The van der Waals surface area contributed by atoms with Crippen molar-refractivity contribution in [3.05, 3.63) is 34.3 Å². The molecule has 1 amide bonds. The number of carbonyl (C=O) groups excluding carboxylic acids is 1. The van der Waals surface area contributed by atoms with E-state index in [1.807, 2.05) is 39.2 Å². The average Bonchev–Trinajstić information content (AvgIpc) is 2.96. The van der Waals surface area contributed by atoms with E-state index in [0.717, 1.165) is 5.52 Å². The van der Waals surface area contributed by atoms with Crippen LogP contribution in [0.2, 0.25) is 0 Å². The van der Waals surface area contributed by atoms with Crippen LogP contribution in [-0.2, 0) is 28.7 Å². The molecule has 4 heterocycles. The van der Waals surface area contributed by atoms with Gasteiger partial charge in [0.15, 0.2) is 5.65 Å². The predicted molar refractivity (Wildman–Crippen MR) is 113 cm³/mol. The average molecular weight is 410 g/mol. The monoisotopic (exact) mass is 410 g/mol. The van der Waals surface area contributed by atoms with Crippen molar-refractivity contribution in [2.24, 2.45) is 0 Å². The second-order valence-electron chi connectivity index (χ2n) is 9.26. The van der Waals surface area contributed by atoms with E-state index in [4.69, 9.17) is 5.73 Å². The van der Waals surface area contributed by atoms with Gasteiger partial charge in [0, 0.05) is 18.4 Å². The van der Waals surface area contributed by atoms with E-state index in [1.54, 1.807) is 10.8 Å². The molecule has 1 aliphatic rings. The van der Waals surface area contributed by atoms with Gasteiger partial charge in [0.2, 0.25) is 11.9 Å². The third-order valence-electron chi connectivity index (χ3n) is 5.33. The summed E-state index contributed by atoms with van der Waals surface area (Å²) in [6.45, 7) is 9.98. The molecule has 0 saturated heterocycles. The number of fused-ring (bicyclic) bond motifs is 2. The van der Waals surface area contributed by atoms with Crippen LogP contribution in [0.3, 0.4) is 0 Å². The maximum Gasteiger partial charge on any atom is 0.259 e. The lowest BCUT2D eigenvalue weighted by molar-refractivity contribution is -0.116. The molecule has 0 bridgehead atoms. The summed E-state index contributed by atoms with van der Waals surface area (Å²) in [5.74, 6) is 1.18. The fourth-order valence-electron chi connectivity index (χ4n) is 3.88. The zero-order valence-electron chi connectivity index (χ0n) is 17.9. The quantitative estimate of drug-likeness (QED) is 0.669. The molecule has 0 fully saturated rings. The van der Waals surface area contributed by atoms with E-state index in [-0.39, 0.29) is 23.4 Å². The molecule has 30 heavy (non-hydrogen) atoms. The molecule has 3 N–H and O–H groups in total. The van der Waals surface area contributed by atoms with Crippen LogP contribution in [0.5, 0.6) is 0 Å². The molecule has 1 aliphatic heterocycles. The first-order valence-corrected chi connectivity index (χ1v) is 9.88. The summed E-state index contributed by atoms with van der Waals surface area (Å²) in [6, 6.07) is 0. The Kier molecular flexibility index (Phi) is 4.41. The third kappa shape index (κ3) is 3.31. The first-order valence-electron chi connectivity index (χ1n) is 9.88. The number of nitrogens with one attached hydrogen (secondary N) is 1. The molecular formula is C20H26N8O2. The lowest BCUT2D eigenvalue weighted by atomic mass is 9.98. The van der Waals surface area contributed by atoms with E-state index < -0.39 is 5.54 Å². The van der Waals surface area contributed by atoms with Crippen LogP contribution < -0.4 is 16.6 Å². The van der Waals surface area contributed by atoms with Crippen LogP contribution in [0.15, 0.2) is 17.3 Å². The Morgan fingerprint density at radius 2 is 1.83 bits per heavy atom. The topological polar surface area (TPSA) is 134 Å². The molecule has 10 heteroatoms. The number of hydrogen-bond acceptors (Lipinski definition) is 7. The Hall–Kier alpha value is -3.30. The number of nitrogens with zero attached hydrogens (tertiary/aromatic N) is 6. The molecule has 4 rings (SSSR count). The number of carbonyl (C=O) groups is 1. The van der Waals surface area contributed by atoms with Crippen molar-refractivity contribution < 1.29 is 4.79 Å². The number of nitrogens with two attached hydrogens (primary N) is 1. The molecule has 3 aromatic heterocycles. The lowest BCUT2D eigenvalue weighted by Crippen LogP contribution is -2.41. The number of imidazole rings is 1. The van der Waals surface area contributed by atoms with Crippen molar-refractivity contribution in [3.8, 4) is 0 Å². The minimum Gasteiger partial charge on any atom is -0.369 e. The van der Waals surface area contributed by atoms with Crippen LogP contribution in [-0.4, -0.2) is 35.0 Å². The summed E-state index contributed by atoms with van der Waals surface area (Å²) >= 11 is 0. The molecule has 0 atom stereocenters. The van der Waals surface area contributed by atoms with Crippen molar-refractivity contribution in [2.75, 3.05) is 11.1 Å². The van der Waals surface area contributed by atoms with Crippen LogP contribution >= 0.6 is 0 Å². The van der Waals surface area contributed by atoms with E-state index >= 15 is 0 Å². The van der Waals surface area contributed by atoms with Gasteiger partial charge in [-0.15, -0.1) is 0 Å². The van der Waals surface area contributed by atoms with Gasteiger partial charge in [-0.2, -0.15) is 4.98 Å². The molecule has 0 unspecified atom stereocenters. The second-order valence-corrected chi connectivity index (χ2v) is 9.26. The molecule has 0 aliphatic carbocycles. The van der Waals surface area contributed by atoms with Crippen molar-refractivity contribution in [1.29, 1.82) is 0 Å². The molecule has 0 spiro atoms. The third-order valence-corrected chi connectivity index (χ3v) is 5.33. The highest BCUT2D eigenvalue weighted by molar-refractivity contribution is 5.92. The van der Waals surface area contributed by atoms with E-state index in [2.05, 4.69) is 25.3 Å². The van der Waals surface area contributed by atoms with Gasteiger partial charge in [0.25, 0.3) is 5.56 Å². The van der Waals surface area contributed by atoms with Crippen LogP contribution in [0.25, 0.3) is 11.2 Å². The van der Waals surface area contributed by atoms with Gasteiger partial charge < -0.3 is 15.6 Å². The number of aromatic nitrogens is 6. The largest absolute Gasteiger partial charge is 0.369 e. The smallest absolute Gasteiger partial charge is 0.259 e. The van der Waals surface area contributed by atoms with E-state index in [0.29, 0.717) is 41.6 Å². The van der Waals surface area contributed by atoms with Crippen LogP contribution in [0.4, 0.5) is 11.8 Å². The Morgan fingerprint density at radius 1 is 1.10 bits per heavy atom. The zero-order chi connectivity index (χ0) is 21.8. The normalized spacial score (nSPS) is 14.6. The summed E-state index contributed by atoms with van der Waals surface area (Å²) in [5.41, 5.74) is 6.88. The lowest BCUT2D eigenvalue weighted by Gasteiger charge is -2.28. The Labute approximate surface area is 173 Å². The predicted octanol–water partition coefficient (Wildman–Crippen LogP) is 1.58. The minimum atomic E-state index is -0.633. The van der Waals surface area contributed by atoms with Crippen molar-refractivity contribution in [1.82, 2.24) is 29.1 Å². The SMILES string of the molecule is CC(C)(C)n1c(N)nc2nc(CC(C)(C)n3cnc4c(c3=O)CCC(=O)N4)ncc21. The van der Waals surface area contributed by atoms with Gasteiger partial charge in [-0.1, -0.05) is 0 Å². The highest BCUT2D eigenvalue weighted by Gasteiger charge is 2.29. The summed E-state index contributed by atoms with van der Waals surface area (Å²) in [5, 5.41) is 2.66. The highest BCUT2D eigenvalue weighted by Crippen LogP contribution is 2.26. The minimum absolute atomic E-state index is 0.123. The number of amides is 1. The number of anilines is 2. The van der Waals surface area contributed by atoms with Gasteiger partial charge >= 0.3 is 0 Å². The molecule has 0 radical (unpaired) electrons. The fraction of sp³-hybridized carbons (Fsp3) is 0.500. The van der Waals surface area contributed by atoms with Gasteiger partial charge in [0.05, 0.1) is 17.3 Å². The summed E-state index contributed by atoms with van der Waals surface area (Å²) in [6.07, 6.45) is 4.27. The fourth-order valence-corrected chi connectivity index (χ4v) is 3.88. The van der Waals surface area contributed by atoms with Gasteiger partial charge in [-0.05, 0) is 41.0 Å². The molecular weight excluding hydrogens is 384 g/mol.